The zero-order valence-electron chi connectivity index (χ0n) is 14.3. The maximum atomic E-state index is 13.1. The van der Waals surface area contributed by atoms with Crippen LogP contribution in [0, 0.1) is 5.82 Å². The van der Waals surface area contributed by atoms with E-state index in [1.54, 1.807) is 29.2 Å². The maximum Gasteiger partial charge on any atom is 0.244 e. The van der Waals surface area contributed by atoms with E-state index in [4.69, 9.17) is 0 Å². The highest BCUT2D eigenvalue weighted by atomic mass is 32.2. The molecule has 0 bridgehead atoms. The zero-order valence-corrected chi connectivity index (χ0v) is 15.2. The zero-order chi connectivity index (χ0) is 18.8. The molecule has 0 aliphatic carbocycles. The van der Waals surface area contributed by atoms with Crippen molar-refractivity contribution in [2.45, 2.75) is 11.7 Å². The fraction of sp³-hybridized carbons (Fsp3) is 0.211. The third-order valence-electron chi connectivity index (χ3n) is 4.33. The summed E-state index contributed by atoms with van der Waals surface area (Å²) in [5.74, 6) is -0.645. The Morgan fingerprint density at radius 2 is 1.93 bits per heavy atom. The highest BCUT2D eigenvalue weighted by Crippen LogP contribution is 2.33. The third kappa shape index (κ3) is 3.80. The summed E-state index contributed by atoms with van der Waals surface area (Å²) >= 11 is 1.32. The molecule has 8 heteroatoms. The van der Waals surface area contributed by atoms with Crippen LogP contribution in [0.15, 0.2) is 59.6 Å². The Morgan fingerprint density at radius 1 is 1.19 bits per heavy atom. The van der Waals surface area contributed by atoms with Crippen LogP contribution in [-0.2, 0) is 9.59 Å². The standard InChI is InChI=1S/C19H17FN4O2S/c20-13-6-8-15(9-7-13)23-11-21-19-24(12-23)18(26)16(27-19)10-17(25)22-14-4-2-1-3-5-14/h1-9,16H,10-12H2,(H,22,25)/t16-/m0/s1. The van der Waals surface area contributed by atoms with Gasteiger partial charge in [-0.1, -0.05) is 30.0 Å². The maximum absolute atomic E-state index is 13.1. The van der Waals surface area contributed by atoms with Gasteiger partial charge in [0.25, 0.3) is 0 Å². The summed E-state index contributed by atoms with van der Waals surface area (Å²) in [6.07, 6.45) is 0.0878. The van der Waals surface area contributed by atoms with Crippen molar-refractivity contribution in [3.8, 4) is 0 Å². The van der Waals surface area contributed by atoms with E-state index in [0.29, 0.717) is 24.2 Å². The van der Waals surface area contributed by atoms with Crippen molar-refractivity contribution < 1.29 is 14.0 Å². The number of amidine groups is 1. The number of nitrogens with zero attached hydrogens (tertiary/aromatic N) is 3. The van der Waals surface area contributed by atoms with Crippen LogP contribution >= 0.6 is 11.8 Å². The fourth-order valence-corrected chi connectivity index (χ4v) is 4.09. The number of hydrogen-bond acceptors (Lipinski definition) is 5. The molecule has 0 aromatic heterocycles. The number of halogens is 1. The second kappa shape index (κ2) is 7.40. The molecule has 2 aliphatic rings. The van der Waals surface area contributed by atoms with Gasteiger partial charge in [0.2, 0.25) is 11.8 Å². The summed E-state index contributed by atoms with van der Waals surface area (Å²) < 4.78 is 13.1. The molecule has 0 radical (unpaired) electrons. The summed E-state index contributed by atoms with van der Waals surface area (Å²) in [7, 11) is 0. The quantitative estimate of drug-likeness (QED) is 0.880. The van der Waals surface area contributed by atoms with Crippen molar-refractivity contribution in [2.75, 3.05) is 23.6 Å². The van der Waals surface area contributed by atoms with E-state index in [1.807, 2.05) is 23.1 Å². The van der Waals surface area contributed by atoms with Crippen molar-refractivity contribution in [3.63, 3.8) is 0 Å². The number of nitrogens with one attached hydrogen (secondary N) is 1. The number of benzene rings is 2. The predicted octanol–water partition coefficient (Wildman–Crippen LogP) is 2.89. The van der Waals surface area contributed by atoms with Crippen molar-refractivity contribution in [2.24, 2.45) is 4.99 Å². The predicted molar refractivity (Wildman–Crippen MR) is 104 cm³/mol. The second-order valence-electron chi connectivity index (χ2n) is 6.23. The molecule has 1 fully saturated rings. The molecule has 2 aliphatic heterocycles. The lowest BCUT2D eigenvalue weighted by Crippen LogP contribution is -2.46. The number of thioether (sulfide) groups is 1. The van der Waals surface area contributed by atoms with Crippen LogP contribution < -0.4 is 10.2 Å². The fourth-order valence-electron chi connectivity index (χ4n) is 2.97. The Kier molecular flexibility index (Phi) is 4.81. The average Bonchev–Trinajstić information content (AvgIpc) is 2.98. The van der Waals surface area contributed by atoms with Crippen LogP contribution in [0.5, 0.6) is 0 Å². The molecule has 6 nitrogen and oxygen atoms in total. The monoisotopic (exact) mass is 384 g/mol. The second-order valence-corrected chi connectivity index (χ2v) is 7.40. The average molecular weight is 384 g/mol. The van der Waals surface area contributed by atoms with E-state index in [1.165, 1.54) is 23.9 Å². The molecular formula is C19H17FN4O2S. The minimum atomic E-state index is -0.486. The van der Waals surface area contributed by atoms with Gasteiger partial charge in [-0.25, -0.2) is 9.38 Å². The lowest BCUT2D eigenvalue weighted by Gasteiger charge is -2.32. The summed E-state index contributed by atoms with van der Waals surface area (Å²) in [5, 5.41) is 2.95. The van der Waals surface area contributed by atoms with E-state index >= 15 is 0 Å². The normalized spacial score (nSPS) is 18.9. The van der Waals surface area contributed by atoms with Gasteiger partial charge in [-0.3, -0.25) is 14.5 Å². The van der Waals surface area contributed by atoms with Crippen molar-refractivity contribution >= 4 is 40.1 Å². The molecule has 0 saturated carbocycles. The van der Waals surface area contributed by atoms with Gasteiger partial charge in [0, 0.05) is 17.8 Å². The van der Waals surface area contributed by atoms with Crippen LogP contribution in [0.4, 0.5) is 15.8 Å². The van der Waals surface area contributed by atoms with E-state index in [9.17, 15) is 14.0 Å². The molecule has 27 heavy (non-hydrogen) atoms. The van der Waals surface area contributed by atoms with Crippen LogP contribution in [0.3, 0.4) is 0 Å². The van der Waals surface area contributed by atoms with E-state index < -0.39 is 5.25 Å². The molecule has 2 aromatic carbocycles. The Bertz CT molecular complexity index is 888. The minimum Gasteiger partial charge on any atom is -0.334 e. The van der Waals surface area contributed by atoms with Crippen molar-refractivity contribution in [1.29, 1.82) is 0 Å². The molecule has 2 amide bonds. The van der Waals surface area contributed by atoms with Gasteiger partial charge >= 0.3 is 0 Å². The van der Waals surface area contributed by atoms with E-state index in [-0.39, 0.29) is 24.1 Å². The molecule has 138 valence electrons. The Labute approximate surface area is 160 Å². The molecule has 1 N–H and O–H groups in total. The SMILES string of the molecule is O=C(C[C@@H]1SC2=NCN(c3ccc(F)cc3)CN2C1=O)Nc1ccccc1. The summed E-state index contributed by atoms with van der Waals surface area (Å²) in [5.41, 5.74) is 1.50. The first-order valence-corrected chi connectivity index (χ1v) is 9.36. The Balaban J connectivity index is 1.40. The topological polar surface area (TPSA) is 65.0 Å². The molecule has 1 atom stereocenters. The Morgan fingerprint density at radius 3 is 2.67 bits per heavy atom. The first kappa shape index (κ1) is 17.5. The van der Waals surface area contributed by atoms with Crippen LogP contribution in [0.2, 0.25) is 0 Å². The highest BCUT2D eigenvalue weighted by Gasteiger charge is 2.41. The molecule has 4 rings (SSSR count). The first-order valence-electron chi connectivity index (χ1n) is 8.48. The number of hydrogen-bond donors (Lipinski definition) is 1. The number of rotatable bonds is 4. The van der Waals surface area contributed by atoms with Gasteiger partial charge in [0.15, 0.2) is 5.17 Å². The van der Waals surface area contributed by atoms with Crippen LogP contribution in [0.25, 0.3) is 0 Å². The number of carbonyl (C=O) groups is 2. The minimum absolute atomic E-state index is 0.0878. The number of amides is 2. The Hall–Kier alpha value is -2.87. The smallest absolute Gasteiger partial charge is 0.244 e. The summed E-state index contributed by atoms with van der Waals surface area (Å²) in [4.78, 5) is 32.9. The number of para-hydroxylation sites is 1. The molecule has 0 unspecified atom stereocenters. The van der Waals surface area contributed by atoms with Gasteiger partial charge in [-0.2, -0.15) is 0 Å². The van der Waals surface area contributed by atoms with Gasteiger partial charge in [-0.15, -0.1) is 0 Å². The van der Waals surface area contributed by atoms with Gasteiger partial charge < -0.3 is 10.2 Å². The van der Waals surface area contributed by atoms with Crippen LogP contribution in [-0.4, -0.2) is 40.5 Å². The van der Waals surface area contributed by atoms with Crippen molar-refractivity contribution in [1.82, 2.24) is 4.90 Å². The molecule has 0 spiro atoms. The molecule has 2 heterocycles. The number of aliphatic imine (C=N–C) groups is 1. The number of anilines is 2. The highest BCUT2D eigenvalue weighted by molar-refractivity contribution is 8.15. The lowest BCUT2D eigenvalue weighted by molar-refractivity contribution is -0.128. The number of carbonyl (C=O) groups excluding carboxylic acids is 2. The van der Waals surface area contributed by atoms with E-state index in [2.05, 4.69) is 10.3 Å². The summed E-state index contributed by atoms with van der Waals surface area (Å²) in [6.45, 7) is 0.730. The van der Waals surface area contributed by atoms with E-state index in [0.717, 1.165) is 5.69 Å². The largest absolute Gasteiger partial charge is 0.334 e. The summed E-state index contributed by atoms with van der Waals surface area (Å²) in [6, 6.07) is 15.2. The van der Waals surface area contributed by atoms with Gasteiger partial charge in [0.05, 0.1) is 0 Å². The lowest BCUT2D eigenvalue weighted by atomic mass is 10.2. The molecule has 2 aromatic rings. The van der Waals surface area contributed by atoms with Crippen LogP contribution in [0.1, 0.15) is 6.42 Å². The third-order valence-corrected chi connectivity index (χ3v) is 5.54. The number of fused-ring (bicyclic) bond motifs is 1. The van der Waals surface area contributed by atoms with Gasteiger partial charge in [-0.05, 0) is 36.4 Å². The molecule has 1 saturated heterocycles. The molecular weight excluding hydrogens is 367 g/mol. The van der Waals surface area contributed by atoms with Gasteiger partial charge in [0.1, 0.15) is 24.4 Å². The van der Waals surface area contributed by atoms with Crippen molar-refractivity contribution in [3.05, 3.63) is 60.4 Å². The first-order chi connectivity index (χ1) is 13.1.